The third-order valence-corrected chi connectivity index (χ3v) is 14.6. The fourth-order valence-corrected chi connectivity index (χ4v) is 11.6. The van der Waals surface area contributed by atoms with Crippen LogP contribution in [0.15, 0.2) is 237 Å². The number of rotatable bonds is 6. The Morgan fingerprint density at radius 1 is 0.300 bits per heavy atom. The molecule has 15 rings (SSSR count). The molecule has 0 radical (unpaired) electrons. The molecule has 10 aromatic carbocycles. The van der Waals surface area contributed by atoms with E-state index in [4.69, 9.17) is 15.0 Å². The molecule has 0 N–H and O–H groups in total. The van der Waals surface area contributed by atoms with Gasteiger partial charge in [-0.3, -0.25) is 9.13 Å². The minimum Gasteiger partial charge on any atom is -0.307 e. The van der Waals surface area contributed by atoms with Gasteiger partial charge in [-0.1, -0.05) is 206 Å². The van der Waals surface area contributed by atoms with Crippen LogP contribution >= 0.6 is 0 Å². The average Bonchev–Trinajstić information content (AvgIpc) is 4.17. The molecular weight excluding hydrogens is 853 g/mol. The van der Waals surface area contributed by atoms with Gasteiger partial charge in [-0.25, -0.2) is 0 Å². The van der Waals surface area contributed by atoms with Crippen LogP contribution in [0.25, 0.3) is 117 Å². The lowest BCUT2D eigenvalue weighted by Gasteiger charge is -2.18. The molecule has 70 heavy (non-hydrogen) atoms. The summed E-state index contributed by atoms with van der Waals surface area (Å²) in [7, 11) is 0. The standard InChI is InChI=1S/C64H40N6/c1-4-18-40(19-5-1)41-32-34-43(35-33-41)62-65-63(69-55-30-16-13-25-46(55)51-37-36-50-45-24-10-11-28-49(45)57(58(50)59(51)69)42-20-6-2-7-21-42)67-64(66-62)70-56-31-17-14-27-48(56)53-39-38-52-47-26-12-15-29-54(47)68(60(52)61(53)70)44-22-8-3-9-23-44/h1-39,57H. The molecule has 0 saturated heterocycles. The van der Waals surface area contributed by atoms with Gasteiger partial charge in [0.1, 0.15) is 0 Å². The van der Waals surface area contributed by atoms with Crippen LogP contribution in [0.2, 0.25) is 0 Å². The van der Waals surface area contributed by atoms with E-state index >= 15 is 0 Å². The summed E-state index contributed by atoms with van der Waals surface area (Å²) in [5.41, 5.74) is 16.9. The Kier molecular flexibility index (Phi) is 8.32. The number of hydrogen-bond donors (Lipinski definition) is 0. The van der Waals surface area contributed by atoms with Gasteiger partial charge in [-0.05, 0) is 69.3 Å². The number of fused-ring (bicyclic) bond motifs is 14. The Bertz CT molecular complexity index is 4390. The van der Waals surface area contributed by atoms with E-state index in [1.807, 2.05) is 0 Å². The van der Waals surface area contributed by atoms with Gasteiger partial charge in [0.2, 0.25) is 11.9 Å². The van der Waals surface area contributed by atoms with Crippen molar-refractivity contribution >= 4 is 65.4 Å². The second-order valence-corrected chi connectivity index (χ2v) is 18.3. The third-order valence-electron chi connectivity index (χ3n) is 14.6. The third kappa shape index (κ3) is 5.59. The number of benzene rings is 10. The molecule has 0 fully saturated rings. The highest BCUT2D eigenvalue weighted by Gasteiger charge is 2.34. The van der Waals surface area contributed by atoms with E-state index in [2.05, 4.69) is 250 Å². The van der Waals surface area contributed by atoms with Gasteiger partial charge in [0, 0.05) is 49.5 Å². The first kappa shape index (κ1) is 38.7. The Balaban J connectivity index is 1.08. The van der Waals surface area contributed by atoms with Crippen LogP contribution in [0.5, 0.6) is 0 Å². The van der Waals surface area contributed by atoms with E-state index in [0.717, 1.165) is 82.4 Å². The first-order valence-corrected chi connectivity index (χ1v) is 23.9. The van der Waals surface area contributed by atoms with Crippen LogP contribution in [-0.4, -0.2) is 28.7 Å². The van der Waals surface area contributed by atoms with Crippen LogP contribution in [0.4, 0.5) is 0 Å². The van der Waals surface area contributed by atoms with Crippen molar-refractivity contribution in [3.8, 4) is 51.2 Å². The van der Waals surface area contributed by atoms with Gasteiger partial charge in [0.05, 0.1) is 33.1 Å². The molecule has 0 aliphatic heterocycles. The second kappa shape index (κ2) is 15.1. The maximum atomic E-state index is 5.74. The van der Waals surface area contributed by atoms with Crippen molar-refractivity contribution in [2.75, 3.05) is 0 Å². The molecule has 14 aromatic rings. The van der Waals surface area contributed by atoms with Crippen molar-refractivity contribution in [3.05, 3.63) is 253 Å². The van der Waals surface area contributed by atoms with Crippen LogP contribution in [-0.2, 0) is 0 Å². The Morgan fingerprint density at radius 2 is 0.757 bits per heavy atom. The lowest BCUT2D eigenvalue weighted by Crippen LogP contribution is -2.11. The monoisotopic (exact) mass is 892 g/mol. The molecule has 0 amide bonds. The molecule has 1 aliphatic carbocycles. The molecule has 0 saturated carbocycles. The highest BCUT2D eigenvalue weighted by Crippen LogP contribution is 2.52. The summed E-state index contributed by atoms with van der Waals surface area (Å²) in [6.45, 7) is 0. The van der Waals surface area contributed by atoms with Crippen molar-refractivity contribution in [1.29, 1.82) is 0 Å². The summed E-state index contributed by atoms with van der Waals surface area (Å²) < 4.78 is 7.02. The normalized spacial score (nSPS) is 13.3. The van der Waals surface area contributed by atoms with Gasteiger partial charge in [-0.2, -0.15) is 15.0 Å². The van der Waals surface area contributed by atoms with E-state index in [0.29, 0.717) is 17.7 Å². The van der Waals surface area contributed by atoms with Crippen molar-refractivity contribution in [2.45, 2.75) is 5.92 Å². The first-order chi connectivity index (χ1) is 34.8. The van der Waals surface area contributed by atoms with E-state index in [-0.39, 0.29) is 5.92 Å². The average molecular weight is 893 g/mol. The van der Waals surface area contributed by atoms with Gasteiger partial charge < -0.3 is 4.57 Å². The SMILES string of the molecule is c1ccc(-c2ccc(-c3nc(-n4c5ccccc5c5ccc6c(c54)C(c4ccccc4)c4ccccc4-6)nc(-n4c5ccccc5c5ccc6c7ccccc7n(-c7ccccc7)c6c54)n3)cc2)cc1. The highest BCUT2D eigenvalue weighted by molar-refractivity contribution is 6.23. The minimum atomic E-state index is -0.00371. The zero-order chi connectivity index (χ0) is 45.9. The van der Waals surface area contributed by atoms with Gasteiger partial charge in [0.25, 0.3) is 0 Å². The predicted octanol–water partition coefficient (Wildman–Crippen LogP) is 15.7. The smallest absolute Gasteiger partial charge is 0.240 e. The molecule has 1 unspecified atom stereocenters. The summed E-state index contributed by atoms with van der Waals surface area (Å²) in [5.74, 6) is 1.67. The van der Waals surface area contributed by atoms with E-state index < -0.39 is 0 Å². The van der Waals surface area contributed by atoms with Gasteiger partial charge in [0.15, 0.2) is 5.82 Å². The molecular formula is C64H40N6. The summed E-state index contributed by atoms with van der Waals surface area (Å²) in [6.07, 6.45) is 0. The topological polar surface area (TPSA) is 53.5 Å². The van der Waals surface area contributed by atoms with Crippen molar-refractivity contribution in [3.63, 3.8) is 0 Å². The van der Waals surface area contributed by atoms with Crippen molar-refractivity contribution in [2.24, 2.45) is 0 Å². The summed E-state index contributed by atoms with van der Waals surface area (Å²) in [4.78, 5) is 16.9. The molecule has 326 valence electrons. The van der Waals surface area contributed by atoms with Crippen molar-refractivity contribution < 1.29 is 0 Å². The number of para-hydroxylation sites is 4. The zero-order valence-electron chi connectivity index (χ0n) is 37.8. The van der Waals surface area contributed by atoms with Crippen LogP contribution in [0.3, 0.4) is 0 Å². The summed E-state index contributed by atoms with van der Waals surface area (Å²) in [5, 5.41) is 6.89. The molecule has 1 atom stereocenters. The summed E-state index contributed by atoms with van der Waals surface area (Å²) in [6, 6.07) is 84.9. The highest BCUT2D eigenvalue weighted by atomic mass is 15.3. The summed E-state index contributed by atoms with van der Waals surface area (Å²) >= 11 is 0. The first-order valence-electron chi connectivity index (χ1n) is 23.9. The molecule has 1 aliphatic rings. The largest absolute Gasteiger partial charge is 0.307 e. The Labute approximate surface area is 402 Å². The van der Waals surface area contributed by atoms with E-state index in [1.54, 1.807) is 0 Å². The van der Waals surface area contributed by atoms with E-state index in [9.17, 15) is 0 Å². The van der Waals surface area contributed by atoms with Gasteiger partial charge >= 0.3 is 0 Å². The lowest BCUT2D eigenvalue weighted by molar-refractivity contribution is 0.889. The number of hydrogen-bond acceptors (Lipinski definition) is 3. The van der Waals surface area contributed by atoms with Crippen LogP contribution in [0, 0.1) is 0 Å². The Morgan fingerprint density at radius 3 is 1.40 bits per heavy atom. The second-order valence-electron chi connectivity index (χ2n) is 18.3. The van der Waals surface area contributed by atoms with Crippen molar-refractivity contribution in [1.82, 2.24) is 28.7 Å². The maximum Gasteiger partial charge on any atom is 0.240 e. The molecule has 6 heteroatoms. The maximum absolute atomic E-state index is 5.74. The fraction of sp³-hybridized carbons (Fsp3) is 0.0156. The van der Waals surface area contributed by atoms with Gasteiger partial charge in [-0.15, -0.1) is 0 Å². The quantitative estimate of drug-likeness (QED) is 0.167. The zero-order valence-corrected chi connectivity index (χ0v) is 37.8. The molecule has 0 bridgehead atoms. The Hall–Kier alpha value is -9.39. The minimum absolute atomic E-state index is 0.00371. The van der Waals surface area contributed by atoms with E-state index in [1.165, 1.54) is 33.2 Å². The molecule has 4 aromatic heterocycles. The molecule has 4 heterocycles. The van der Waals surface area contributed by atoms with Crippen LogP contribution < -0.4 is 0 Å². The number of aromatic nitrogens is 6. The number of nitrogens with zero attached hydrogens (tertiary/aromatic N) is 6. The lowest BCUT2D eigenvalue weighted by atomic mass is 9.88. The molecule has 6 nitrogen and oxygen atoms in total. The van der Waals surface area contributed by atoms with Crippen LogP contribution in [0.1, 0.15) is 22.6 Å². The predicted molar refractivity (Wildman–Crippen MR) is 287 cm³/mol. The fourth-order valence-electron chi connectivity index (χ4n) is 11.6. The molecule has 0 spiro atoms.